The second-order valence-electron chi connectivity index (χ2n) is 4.27. The van der Waals surface area contributed by atoms with Crippen LogP contribution in [0.5, 0.6) is 0 Å². The van der Waals surface area contributed by atoms with Gasteiger partial charge in [0.15, 0.2) is 0 Å². The highest BCUT2D eigenvalue weighted by atomic mass is 35.5. The normalized spacial score (nSPS) is 14.6. The Labute approximate surface area is 109 Å². The second kappa shape index (κ2) is 6.11. The number of hydrogen-bond donors (Lipinski definition) is 1. The molecule has 2 rings (SSSR count). The van der Waals surface area contributed by atoms with Crippen LogP contribution in [0.15, 0.2) is 12.3 Å². The molecule has 1 fully saturated rings. The molecule has 6 heteroatoms. The van der Waals surface area contributed by atoms with Crippen LogP contribution in [0.25, 0.3) is 0 Å². The summed E-state index contributed by atoms with van der Waals surface area (Å²) < 4.78 is 18.3. The lowest BCUT2D eigenvalue weighted by molar-refractivity contribution is 0.0906. The van der Waals surface area contributed by atoms with Crippen LogP contribution in [-0.2, 0) is 4.74 Å². The van der Waals surface area contributed by atoms with Crippen LogP contribution in [0.4, 0.5) is 4.39 Å². The largest absolute Gasteiger partial charge is 0.379 e. The van der Waals surface area contributed by atoms with E-state index in [1.165, 1.54) is 12.8 Å². The lowest BCUT2D eigenvalue weighted by atomic mass is 10.2. The molecule has 1 heterocycles. The van der Waals surface area contributed by atoms with Crippen LogP contribution in [-0.4, -0.2) is 30.6 Å². The number of rotatable bonds is 6. The van der Waals surface area contributed by atoms with Gasteiger partial charge in [0.25, 0.3) is 5.91 Å². The van der Waals surface area contributed by atoms with E-state index in [1.807, 2.05) is 0 Å². The summed E-state index contributed by atoms with van der Waals surface area (Å²) >= 11 is 5.71. The maximum atomic E-state index is 12.9. The Balaban J connectivity index is 1.74. The van der Waals surface area contributed by atoms with Crippen LogP contribution in [0.1, 0.15) is 23.2 Å². The zero-order valence-electron chi connectivity index (χ0n) is 9.79. The molecule has 0 unspecified atom stereocenters. The first-order valence-electron chi connectivity index (χ1n) is 5.84. The van der Waals surface area contributed by atoms with E-state index in [0.29, 0.717) is 19.1 Å². The highest BCUT2D eigenvalue weighted by Gasteiger charge is 2.21. The van der Waals surface area contributed by atoms with E-state index in [9.17, 15) is 9.18 Å². The SMILES string of the molecule is O=C(NCCOCC1CC1)c1cc(F)cnc1Cl. The summed E-state index contributed by atoms with van der Waals surface area (Å²) in [6.07, 6.45) is 3.44. The number of carbonyl (C=O) groups is 1. The quantitative estimate of drug-likeness (QED) is 0.637. The Morgan fingerprint density at radius 2 is 2.39 bits per heavy atom. The molecule has 1 N–H and O–H groups in total. The van der Waals surface area contributed by atoms with Gasteiger partial charge in [-0.1, -0.05) is 11.6 Å². The van der Waals surface area contributed by atoms with Crippen LogP contribution in [0, 0.1) is 11.7 Å². The van der Waals surface area contributed by atoms with Gasteiger partial charge in [-0.3, -0.25) is 4.79 Å². The predicted octanol–water partition coefficient (Wildman–Crippen LogP) is 2.03. The van der Waals surface area contributed by atoms with Crippen molar-refractivity contribution < 1.29 is 13.9 Å². The molecular formula is C12H14ClFN2O2. The molecule has 0 atom stereocenters. The molecule has 0 aromatic carbocycles. The minimum atomic E-state index is -0.588. The fourth-order valence-corrected chi connectivity index (χ4v) is 1.64. The maximum absolute atomic E-state index is 12.9. The van der Waals surface area contributed by atoms with Gasteiger partial charge < -0.3 is 10.1 Å². The molecular weight excluding hydrogens is 259 g/mol. The van der Waals surface area contributed by atoms with Gasteiger partial charge in [-0.05, 0) is 24.8 Å². The smallest absolute Gasteiger partial charge is 0.254 e. The van der Waals surface area contributed by atoms with Crippen LogP contribution in [0.3, 0.4) is 0 Å². The summed E-state index contributed by atoms with van der Waals surface area (Å²) in [5.74, 6) is -0.334. The first kappa shape index (κ1) is 13.2. The molecule has 0 spiro atoms. The van der Waals surface area contributed by atoms with Crippen molar-refractivity contribution in [1.29, 1.82) is 0 Å². The molecule has 98 valence electrons. The van der Waals surface area contributed by atoms with Gasteiger partial charge in [0.2, 0.25) is 0 Å². The molecule has 0 aliphatic heterocycles. The van der Waals surface area contributed by atoms with Crippen molar-refractivity contribution in [2.45, 2.75) is 12.8 Å². The number of halogens is 2. The average molecular weight is 273 g/mol. The van der Waals surface area contributed by atoms with Gasteiger partial charge in [-0.15, -0.1) is 0 Å². The summed E-state index contributed by atoms with van der Waals surface area (Å²) in [5, 5.41) is 2.60. The van der Waals surface area contributed by atoms with Crippen molar-refractivity contribution in [2.24, 2.45) is 5.92 Å². The molecule has 0 bridgehead atoms. The van der Waals surface area contributed by atoms with E-state index in [4.69, 9.17) is 16.3 Å². The highest BCUT2D eigenvalue weighted by Crippen LogP contribution is 2.28. The highest BCUT2D eigenvalue weighted by molar-refractivity contribution is 6.32. The lowest BCUT2D eigenvalue weighted by Crippen LogP contribution is -2.28. The van der Waals surface area contributed by atoms with Gasteiger partial charge in [-0.2, -0.15) is 0 Å². The number of aromatic nitrogens is 1. The van der Waals surface area contributed by atoms with E-state index >= 15 is 0 Å². The van der Waals surface area contributed by atoms with Crippen molar-refractivity contribution >= 4 is 17.5 Å². The summed E-state index contributed by atoms with van der Waals surface area (Å²) in [7, 11) is 0. The zero-order chi connectivity index (χ0) is 13.0. The number of nitrogens with zero attached hydrogens (tertiary/aromatic N) is 1. The Hall–Kier alpha value is -1.20. The third-order valence-electron chi connectivity index (χ3n) is 2.63. The number of ether oxygens (including phenoxy) is 1. The standard InChI is InChI=1S/C12H14ClFN2O2/c13-11-10(5-9(14)6-16-11)12(17)15-3-4-18-7-8-1-2-8/h5-6,8H,1-4,7H2,(H,15,17). The van der Waals surface area contributed by atoms with Crippen LogP contribution in [0.2, 0.25) is 5.15 Å². The minimum Gasteiger partial charge on any atom is -0.379 e. The molecule has 0 radical (unpaired) electrons. The number of carbonyl (C=O) groups excluding carboxylic acids is 1. The molecule has 1 saturated carbocycles. The summed E-state index contributed by atoms with van der Waals surface area (Å²) in [5.41, 5.74) is 0.0406. The third kappa shape index (κ3) is 3.92. The average Bonchev–Trinajstić information content (AvgIpc) is 3.15. The Morgan fingerprint density at radius 3 is 3.11 bits per heavy atom. The molecule has 1 aliphatic rings. The van der Waals surface area contributed by atoms with Crippen LogP contribution < -0.4 is 5.32 Å². The van der Waals surface area contributed by atoms with Crippen molar-refractivity contribution in [1.82, 2.24) is 10.3 Å². The van der Waals surface area contributed by atoms with E-state index in [1.54, 1.807) is 0 Å². The van der Waals surface area contributed by atoms with Crippen molar-refractivity contribution in [3.8, 4) is 0 Å². The molecule has 1 aromatic rings. The van der Waals surface area contributed by atoms with Gasteiger partial charge in [0.05, 0.1) is 18.4 Å². The number of hydrogen-bond acceptors (Lipinski definition) is 3. The summed E-state index contributed by atoms with van der Waals surface area (Å²) in [6, 6.07) is 1.07. The molecule has 0 saturated heterocycles. The fourth-order valence-electron chi connectivity index (χ4n) is 1.45. The Kier molecular flexibility index (Phi) is 4.49. The number of amides is 1. The predicted molar refractivity (Wildman–Crippen MR) is 65.1 cm³/mol. The number of pyridine rings is 1. The topological polar surface area (TPSA) is 51.2 Å². The van der Waals surface area contributed by atoms with Gasteiger partial charge >= 0.3 is 0 Å². The molecule has 1 aliphatic carbocycles. The van der Waals surface area contributed by atoms with Gasteiger partial charge in [-0.25, -0.2) is 9.37 Å². The molecule has 18 heavy (non-hydrogen) atoms. The van der Waals surface area contributed by atoms with Crippen molar-refractivity contribution in [3.63, 3.8) is 0 Å². The molecule has 4 nitrogen and oxygen atoms in total. The van der Waals surface area contributed by atoms with E-state index in [0.717, 1.165) is 18.9 Å². The third-order valence-corrected chi connectivity index (χ3v) is 2.93. The second-order valence-corrected chi connectivity index (χ2v) is 4.62. The number of nitrogens with one attached hydrogen (secondary N) is 1. The summed E-state index contributed by atoms with van der Waals surface area (Å²) in [6.45, 7) is 1.57. The minimum absolute atomic E-state index is 0.00667. The first-order chi connectivity index (χ1) is 8.66. The van der Waals surface area contributed by atoms with E-state index in [-0.39, 0.29) is 10.7 Å². The molecule has 1 aromatic heterocycles. The van der Waals surface area contributed by atoms with Crippen LogP contribution >= 0.6 is 11.6 Å². The lowest BCUT2D eigenvalue weighted by Gasteiger charge is -2.07. The Bertz CT molecular complexity index is 438. The first-order valence-corrected chi connectivity index (χ1v) is 6.21. The maximum Gasteiger partial charge on any atom is 0.254 e. The Morgan fingerprint density at radius 1 is 1.61 bits per heavy atom. The van der Waals surface area contributed by atoms with Crippen molar-refractivity contribution in [2.75, 3.05) is 19.8 Å². The van der Waals surface area contributed by atoms with E-state index in [2.05, 4.69) is 10.3 Å². The monoisotopic (exact) mass is 272 g/mol. The zero-order valence-corrected chi connectivity index (χ0v) is 10.5. The van der Waals surface area contributed by atoms with Crippen molar-refractivity contribution in [3.05, 3.63) is 28.8 Å². The molecule has 1 amide bonds. The van der Waals surface area contributed by atoms with Gasteiger partial charge in [0, 0.05) is 13.2 Å². The fraction of sp³-hybridized carbons (Fsp3) is 0.500. The summed E-state index contributed by atoms with van der Waals surface area (Å²) in [4.78, 5) is 15.2. The van der Waals surface area contributed by atoms with Gasteiger partial charge in [0.1, 0.15) is 11.0 Å². The van der Waals surface area contributed by atoms with E-state index < -0.39 is 11.7 Å².